The minimum Gasteiger partial charge on any atom is -0.369 e. The van der Waals surface area contributed by atoms with Crippen LogP contribution in [0.3, 0.4) is 0 Å². The van der Waals surface area contributed by atoms with Crippen LogP contribution < -0.4 is 4.90 Å². The zero-order valence-corrected chi connectivity index (χ0v) is 15.9. The normalized spacial score (nSPS) is 15.4. The zero-order valence-electron chi connectivity index (χ0n) is 14.3. The third kappa shape index (κ3) is 4.75. The van der Waals surface area contributed by atoms with Gasteiger partial charge in [0.25, 0.3) is 0 Å². The summed E-state index contributed by atoms with van der Waals surface area (Å²) < 4.78 is 0. The molecule has 0 spiro atoms. The number of halogens is 2. The monoisotopic (exact) mass is 376 g/mol. The lowest BCUT2D eigenvalue weighted by atomic mass is 10.1. The van der Waals surface area contributed by atoms with E-state index < -0.39 is 0 Å². The van der Waals surface area contributed by atoms with Crippen molar-refractivity contribution < 1.29 is 4.79 Å². The van der Waals surface area contributed by atoms with Crippen molar-refractivity contribution in [3.8, 4) is 0 Å². The van der Waals surface area contributed by atoms with Crippen LogP contribution in [0.2, 0.25) is 10.0 Å². The Labute approximate surface area is 159 Å². The highest BCUT2D eigenvalue weighted by atomic mass is 35.5. The summed E-state index contributed by atoms with van der Waals surface area (Å²) in [6.07, 6.45) is 0.540. The predicted molar refractivity (Wildman–Crippen MR) is 105 cm³/mol. The van der Waals surface area contributed by atoms with Crippen LogP contribution in [0.5, 0.6) is 0 Å². The Morgan fingerprint density at radius 2 is 1.68 bits per heavy atom. The fraction of sp³-hybridized carbons (Fsp3) is 0.350. The van der Waals surface area contributed by atoms with Crippen LogP contribution in [0.4, 0.5) is 5.69 Å². The maximum atomic E-state index is 12.3. The first-order chi connectivity index (χ1) is 12.0. The second-order valence-electron chi connectivity index (χ2n) is 6.44. The fourth-order valence-electron chi connectivity index (χ4n) is 3.05. The first kappa shape index (κ1) is 18.2. The lowest BCUT2D eigenvalue weighted by Gasteiger charge is -2.36. The number of nitrogens with zero attached hydrogens (tertiary/aromatic N) is 2. The standard InChI is InChI=1S/C20H22Cl2N2O/c1-15-2-7-18(14-19(15)22)24-12-10-23(11-13-24)9-8-20(25)16-3-5-17(21)6-4-16/h2-7,14H,8-13H2,1H3. The van der Waals surface area contributed by atoms with Gasteiger partial charge in [0.15, 0.2) is 5.78 Å². The van der Waals surface area contributed by atoms with Crippen molar-refractivity contribution in [2.75, 3.05) is 37.6 Å². The molecule has 1 fully saturated rings. The summed E-state index contributed by atoms with van der Waals surface area (Å²) >= 11 is 12.1. The fourth-order valence-corrected chi connectivity index (χ4v) is 3.35. The summed E-state index contributed by atoms with van der Waals surface area (Å²) in [4.78, 5) is 17.0. The molecule has 5 heteroatoms. The number of aryl methyl sites for hydroxylation is 1. The Bertz CT molecular complexity index is 738. The van der Waals surface area contributed by atoms with Crippen molar-refractivity contribution >= 4 is 34.7 Å². The van der Waals surface area contributed by atoms with Gasteiger partial charge in [-0.05, 0) is 48.9 Å². The summed E-state index contributed by atoms with van der Waals surface area (Å²) in [7, 11) is 0. The van der Waals surface area contributed by atoms with Crippen LogP contribution >= 0.6 is 23.2 Å². The van der Waals surface area contributed by atoms with Crippen molar-refractivity contribution in [3.05, 3.63) is 63.6 Å². The minimum atomic E-state index is 0.171. The van der Waals surface area contributed by atoms with Crippen LogP contribution in [0.25, 0.3) is 0 Å². The summed E-state index contributed by atoms with van der Waals surface area (Å²) in [5.74, 6) is 0.171. The van der Waals surface area contributed by atoms with Crippen LogP contribution in [0.15, 0.2) is 42.5 Å². The van der Waals surface area contributed by atoms with E-state index in [0.29, 0.717) is 11.4 Å². The maximum Gasteiger partial charge on any atom is 0.164 e. The van der Waals surface area contributed by atoms with Crippen molar-refractivity contribution in [3.63, 3.8) is 0 Å². The lowest BCUT2D eigenvalue weighted by Crippen LogP contribution is -2.46. The van der Waals surface area contributed by atoms with Crippen molar-refractivity contribution in [1.82, 2.24) is 4.90 Å². The molecule has 0 unspecified atom stereocenters. The van der Waals surface area contributed by atoms with Gasteiger partial charge < -0.3 is 4.90 Å². The molecule has 0 aromatic heterocycles. The Morgan fingerprint density at radius 3 is 2.32 bits per heavy atom. The second kappa shape index (κ2) is 8.22. The molecule has 1 aliphatic rings. The number of piperazine rings is 1. The number of benzene rings is 2. The van der Waals surface area contributed by atoms with Gasteiger partial charge in [-0.15, -0.1) is 0 Å². The van der Waals surface area contributed by atoms with E-state index in [2.05, 4.69) is 21.9 Å². The van der Waals surface area contributed by atoms with Crippen molar-refractivity contribution in [2.45, 2.75) is 13.3 Å². The third-order valence-corrected chi connectivity index (χ3v) is 5.37. The van der Waals surface area contributed by atoms with E-state index in [1.54, 1.807) is 24.3 Å². The molecule has 2 aromatic carbocycles. The molecule has 0 N–H and O–H groups in total. The van der Waals surface area contributed by atoms with E-state index >= 15 is 0 Å². The van der Waals surface area contributed by atoms with Crippen LogP contribution in [0, 0.1) is 6.92 Å². The Balaban J connectivity index is 1.48. The average Bonchev–Trinajstić information content (AvgIpc) is 2.63. The van der Waals surface area contributed by atoms with Gasteiger partial charge in [0.2, 0.25) is 0 Å². The van der Waals surface area contributed by atoms with E-state index in [1.807, 2.05) is 13.0 Å². The largest absolute Gasteiger partial charge is 0.369 e. The molecule has 3 nitrogen and oxygen atoms in total. The molecule has 3 rings (SSSR count). The molecule has 0 radical (unpaired) electrons. The number of Topliss-reactive ketones (excluding diaryl/α,β-unsaturated/α-hetero) is 1. The molecule has 0 saturated carbocycles. The SMILES string of the molecule is Cc1ccc(N2CCN(CCC(=O)c3ccc(Cl)cc3)CC2)cc1Cl. The van der Waals surface area contributed by atoms with E-state index in [9.17, 15) is 4.79 Å². The molecule has 25 heavy (non-hydrogen) atoms. The zero-order chi connectivity index (χ0) is 17.8. The first-order valence-electron chi connectivity index (χ1n) is 8.55. The summed E-state index contributed by atoms with van der Waals surface area (Å²) in [6, 6.07) is 13.3. The third-order valence-electron chi connectivity index (χ3n) is 4.71. The van der Waals surface area contributed by atoms with Crippen LogP contribution in [0.1, 0.15) is 22.3 Å². The number of ketones is 1. The van der Waals surface area contributed by atoms with Gasteiger partial charge in [-0.1, -0.05) is 29.3 Å². The smallest absolute Gasteiger partial charge is 0.164 e. The topological polar surface area (TPSA) is 23.6 Å². The van der Waals surface area contributed by atoms with E-state index in [1.165, 1.54) is 5.69 Å². The Hall–Kier alpha value is -1.55. The molecule has 2 aromatic rings. The number of anilines is 1. The molecule has 132 valence electrons. The molecule has 0 aliphatic carbocycles. The van der Waals surface area contributed by atoms with Crippen molar-refractivity contribution in [2.24, 2.45) is 0 Å². The highest BCUT2D eigenvalue weighted by Crippen LogP contribution is 2.24. The molecule has 1 saturated heterocycles. The lowest BCUT2D eigenvalue weighted by molar-refractivity contribution is 0.0962. The van der Waals surface area contributed by atoms with Gasteiger partial charge in [-0.25, -0.2) is 0 Å². The quantitative estimate of drug-likeness (QED) is 0.706. The van der Waals surface area contributed by atoms with E-state index in [-0.39, 0.29) is 5.78 Å². The summed E-state index contributed by atoms with van der Waals surface area (Å²) in [5.41, 5.74) is 3.01. The number of carbonyl (C=O) groups excluding carboxylic acids is 1. The van der Waals surface area contributed by atoms with Gasteiger partial charge in [-0.3, -0.25) is 9.69 Å². The van der Waals surface area contributed by atoms with Gasteiger partial charge in [0, 0.05) is 60.4 Å². The highest BCUT2D eigenvalue weighted by molar-refractivity contribution is 6.31. The van der Waals surface area contributed by atoms with Gasteiger partial charge in [-0.2, -0.15) is 0 Å². The molecule has 1 heterocycles. The Kier molecular flexibility index (Phi) is 6.00. The average molecular weight is 377 g/mol. The molecule has 0 amide bonds. The highest BCUT2D eigenvalue weighted by Gasteiger charge is 2.18. The number of rotatable bonds is 5. The summed E-state index contributed by atoms with van der Waals surface area (Å²) in [6.45, 7) is 6.63. The predicted octanol–water partition coefficient (Wildman–Crippen LogP) is 4.70. The van der Waals surface area contributed by atoms with E-state index in [4.69, 9.17) is 23.2 Å². The second-order valence-corrected chi connectivity index (χ2v) is 7.29. The Morgan fingerprint density at radius 1 is 1.00 bits per heavy atom. The summed E-state index contributed by atoms with van der Waals surface area (Å²) in [5, 5.41) is 1.47. The van der Waals surface area contributed by atoms with Gasteiger partial charge in [0.05, 0.1) is 0 Å². The van der Waals surface area contributed by atoms with Crippen LogP contribution in [-0.4, -0.2) is 43.4 Å². The van der Waals surface area contributed by atoms with E-state index in [0.717, 1.165) is 48.9 Å². The number of carbonyl (C=O) groups is 1. The molecule has 0 atom stereocenters. The van der Waals surface area contributed by atoms with Crippen LogP contribution in [-0.2, 0) is 0 Å². The number of hydrogen-bond acceptors (Lipinski definition) is 3. The minimum absolute atomic E-state index is 0.171. The molecular weight excluding hydrogens is 355 g/mol. The van der Waals surface area contributed by atoms with Crippen molar-refractivity contribution in [1.29, 1.82) is 0 Å². The molecule has 0 bridgehead atoms. The molecule has 1 aliphatic heterocycles. The van der Waals surface area contributed by atoms with Gasteiger partial charge >= 0.3 is 0 Å². The first-order valence-corrected chi connectivity index (χ1v) is 9.31. The maximum absolute atomic E-state index is 12.3. The van der Waals surface area contributed by atoms with Gasteiger partial charge in [0.1, 0.15) is 0 Å². The number of hydrogen-bond donors (Lipinski definition) is 0. The molecular formula is C20H22Cl2N2O.